The van der Waals surface area contributed by atoms with Gasteiger partial charge in [0.05, 0.1) is 17.6 Å². The summed E-state index contributed by atoms with van der Waals surface area (Å²) < 4.78 is 34.0. The predicted octanol–water partition coefficient (Wildman–Crippen LogP) is 17.3. The fourth-order valence-electron chi connectivity index (χ4n) is 11.1. The van der Waals surface area contributed by atoms with Crippen molar-refractivity contribution in [1.82, 2.24) is 0 Å². The Morgan fingerprint density at radius 1 is 0.500 bits per heavy atom. The molecule has 0 aliphatic heterocycles. The molecule has 4 fully saturated rings. The molecule has 0 radical (unpaired) electrons. The van der Waals surface area contributed by atoms with Crippen LogP contribution in [0.2, 0.25) is 0 Å². The Hall–Kier alpha value is -5.08. The average molecular weight is 890 g/mol. The molecule has 9 rings (SSSR count). The first-order valence-electron chi connectivity index (χ1n) is 25.4. The van der Waals surface area contributed by atoms with Gasteiger partial charge in [-0.15, -0.1) is 0 Å². The van der Waals surface area contributed by atoms with Gasteiger partial charge >= 0.3 is 5.97 Å². The van der Waals surface area contributed by atoms with Gasteiger partial charge in [0.25, 0.3) is 0 Å². The first kappa shape index (κ1) is 48.8. The molecule has 4 aliphatic rings. The van der Waals surface area contributed by atoms with Crippen LogP contribution in [0.15, 0.2) is 109 Å². The second kappa shape index (κ2) is 23.6. The van der Waals surface area contributed by atoms with Gasteiger partial charge in [-0.25, -0.2) is 8.78 Å². The third kappa shape index (κ3) is 13.5. The molecule has 0 amide bonds. The molecular weight excluding hydrogens is 817 g/mol. The van der Waals surface area contributed by atoms with E-state index in [0.29, 0.717) is 17.4 Å². The summed E-state index contributed by atoms with van der Waals surface area (Å²) >= 11 is 0. The lowest BCUT2D eigenvalue weighted by Gasteiger charge is -2.36. The van der Waals surface area contributed by atoms with Crippen molar-refractivity contribution in [2.24, 2.45) is 35.5 Å². The number of carbonyl (C=O) groups is 1. The zero-order valence-corrected chi connectivity index (χ0v) is 40.3. The van der Waals surface area contributed by atoms with Gasteiger partial charge in [0.1, 0.15) is 5.82 Å². The van der Waals surface area contributed by atoms with E-state index in [9.17, 15) is 13.6 Å². The van der Waals surface area contributed by atoms with Gasteiger partial charge in [0.15, 0.2) is 11.6 Å². The molecule has 0 aromatic heterocycles. The van der Waals surface area contributed by atoms with E-state index in [4.69, 9.17) is 10.00 Å². The molecular formula is C61H73F2NO2. The van der Waals surface area contributed by atoms with Crippen molar-refractivity contribution in [1.29, 1.82) is 5.26 Å². The number of nitriles is 1. The summed E-state index contributed by atoms with van der Waals surface area (Å²) in [5.41, 5.74) is 9.48. The number of ether oxygens (including phenoxy) is 1. The summed E-state index contributed by atoms with van der Waals surface area (Å²) in [7, 11) is 0. The van der Waals surface area contributed by atoms with Crippen LogP contribution in [0, 0.1) is 72.3 Å². The topological polar surface area (TPSA) is 50.1 Å². The van der Waals surface area contributed by atoms with Crippen LogP contribution >= 0.6 is 0 Å². The van der Waals surface area contributed by atoms with Crippen molar-refractivity contribution in [3.63, 3.8) is 0 Å². The van der Waals surface area contributed by atoms with Gasteiger partial charge < -0.3 is 4.74 Å². The molecule has 4 aliphatic carbocycles. The number of hydrogen-bond donors (Lipinski definition) is 0. The van der Waals surface area contributed by atoms with Gasteiger partial charge in [-0.2, -0.15) is 5.26 Å². The monoisotopic (exact) mass is 890 g/mol. The molecule has 0 spiro atoms. The van der Waals surface area contributed by atoms with E-state index >= 15 is 0 Å². The summed E-state index contributed by atoms with van der Waals surface area (Å²) in [5.74, 6) is 4.68. The number of carbonyl (C=O) groups excluding carboxylic acids is 1. The normalized spacial score (nSPS) is 25.2. The quantitative estimate of drug-likeness (QED) is 0.121. The number of hydrogen-bond acceptors (Lipinski definition) is 3. The molecule has 5 aromatic rings. The van der Waals surface area contributed by atoms with Gasteiger partial charge in [0.2, 0.25) is 0 Å². The van der Waals surface area contributed by atoms with Crippen LogP contribution in [-0.2, 0) is 4.79 Å². The van der Waals surface area contributed by atoms with E-state index in [1.165, 1.54) is 105 Å². The molecule has 0 N–H and O–H groups in total. The minimum atomic E-state index is -0.451. The summed E-state index contributed by atoms with van der Waals surface area (Å²) in [4.78, 5) is 12.3. The van der Waals surface area contributed by atoms with Gasteiger partial charge in [-0.05, 0) is 183 Å². The molecule has 4 saturated carbocycles. The van der Waals surface area contributed by atoms with Crippen LogP contribution in [0.5, 0.6) is 5.75 Å². The van der Waals surface area contributed by atoms with Crippen molar-refractivity contribution in [3.05, 3.63) is 149 Å². The highest BCUT2D eigenvalue weighted by molar-refractivity contribution is 5.75. The summed E-state index contributed by atoms with van der Waals surface area (Å²) in [6.07, 6.45) is 19.7. The highest BCUT2D eigenvalue weighted by Gasteiger charge is 2.33. The fraction of sp³-hybridized carbons (Fsp3) is 0.475. The number of rotatable bonds is 7. The molecule has 3 nitrogen and oxygen atoms in total. The molecule has 0 bridgehead atoms. The Balaban J connectivity index is 0.000000153. The predicted molar refractivity (Wildman–Crippen MR) is 267 cm³/mol. The SMILES string of the molecule is CC1CCC(c2ccc(-c3ccc(C4CCC(C)CC4)cc3F)cc2)CC1.Cc1ccc(-c2ccc(C#N)cc2)cc1.Cc1ccc(OC(=O)C2CCC(C3CCC(C)CC3)CC2)c(F)c1. The Bertz CT molecular complexity index is 2330. The molecule has 66 heavy (non-hydrogen) atoms. The maximum atomic E-state index is 14.9. The summed E-state index contributed by atoms with van der Waals surface area (Å²) in [6.45, 7) is 10.9. The molecule has 0 heterocycles. The minimum absolute atomic E-state index is 0.0639. The highest BCUT2D eigenvalue weighted by Crippen LogP contribution is 2.42. The van der Waals surface area contributed by atoms with Crippen molar-refractivity contribution in [2.75, 3.05) is 0 Å². The lowest BCUT2D eigenvalue weighted by atomic mass is 9.69. The molecule has 0 saturated heterocycles. The van der Waals surface area contributed by atoms with Crippen LogP contribution in [-0.4, -0.2) is 5.97 Å². The van der Waals surface area contributed by atoms with E-state index in [-0.39, 0.29) is 23.5 Å². The Morgan fingerprint density at radius 2 is 0.955 bits per heavy atom. The summed E-state index contributed by atoms with van der Waals surface area (Å²) in [6, 6.07) is 37.5. The Kier molecular flexibility index (Phi) is 17.5. The Morgan fingerprint density at radius 3 is 1.47 bits per heavy atom. The Labute approximate surface area is 395 Å². The van der Waals surface area contributed by atoms with Gasteiger partial charge in [-0.3, -0.25) is 4.79 Å². The lowest BCUT2D eigenvalue weighted by Crippen LogP contribution is -2.30. The van der Waals surface area contributed by atoms with E-state index < -0.39 is 5.82 Å². The highest BCUT2D eigenvalue weighted by atomic mass is 19.1. The van der Waals surface area contributed by atoms with Gasteiger partial charge in [-0.1, -0.05) is 144 Å². The lowest BCUT2D eigenvalue weighted by molar-refractivity contribution is -0.140. The largest absolute Gasteiger partial charge is 0.423 e. The smallest absolute Gasteiger partial charge is 0.314 e. The first-order valence-corrected chi connectivity index (χ1v) is 25.4. The van der Waals surface area contributed by atoms with Crippen LogP contribution in [0.3, 0.4) is 0 Å². The van der Waals surface area contributed by atoms with E-state index in [1.807, 2.05) is 37.3 Å². The number of esters is 1. The average Bonchev–Trinajstić information content (AvgIpc) is 3.34. The minimum Gasteiger partial charge on any atom is -0.423 e. The number of halogens is 2. The van der Waals surface area contributed by atoms with Crippen molar-refractivity contribution >= 4 is 5.97 Å². The fourth-order valence-corrected chi connectivity index (χ4v) is 11.1. The maximum absolute atomic E-state index is 14.9. The standard InChI is InChI=1S/C26H33F.C21H29FO2.C14H11N/c1-18-3-7-20(8-4-18)21-11-13-23(14-12-21)25-16-15-24(17-26(25)27)22-9-5-19(2)6-10-22;1-14-3-6-16(7-4-14)17-8-10-18(11-9-17)21(23)24-20-12-5-15(2)13-19(20)22;1-11-2-6-13(7-3-11)14-8-4-12(10-15)5-9-14/h11-20,22H,3-10H2,1-2H3;5,12-14,16-18H,3-4,6-11H2,1-2H3;2-9H,1H3. The molecule has 348 valence electrons. The maximum Gasteiger partial charge on any atom is 0.314 e. The molecule has 0 atom stereocenters. The van der Waals surface area contributed by atoms with E-state index in [2.05, 4.69) is 88.4 Å². The number of aryl methyl sites for hydroxylation is 2. The van der Waals surface area contributed by atoms with Crippen LogP contribution in [0.4, 0.5) is 8.78 Å². The van der Waals surface area contributed by atoms with Crippen LogP contribution < -0.4 is 4.74 Å². The first-order chi connectivity index (χ1) is 31.9. The third-order valence-corrected chi connectivity index (χ3v) is 15.7. The summed E-state index contributed by atoms with van der Waals surface area (Å²) in [5, 5.41) is 8.69. The van der Waals surface area contributed by atoms with Crippen LogP contribution in [0.1, 0.15) is 163 Å². The number of benzene rings is 5. The molecule has 0 unspecified atom stereocenters. The van der Waals surface area contributed by atoms with Gasteiger partial charge in [0, 0.05) is 5.56 Å². The van der Waals surface area contributed by atoms with E-state index in [0.717, 1.165) is 77.5 Å². The third-order valence-electron chi connectivity index (χ3n) is 15.7. The van der Waals surface area contributed by atoms with E-state index in [1.54, 1.807) is 18.2 Å². The zero-order chi connectivity index (χ0) is 46.6. The van der Waals surface area contributed by atoms with Crippen LogP contribution in [0.25, 0.3) is 22.3 Å². The second-order valence-electron chi connectivity index (χ2n) is 20.8. The second-order valence-corrected chi connectivity index (χ2v) is 20.8. The van der Waals surface area contributed by atoms with Crippen molar-refractivity contribution < 1.29 is 18.3 Å². The van der Waals surface area contributed by atoms with Crippen molar-refractivity contribution in [3.8, 4) is 34.1 Å². The van der Waals surface area contributed by atoms with Crippen molar-refractivity contribution in [2.45, 2.75) is 149 Å². The molecule has 5 aromatic carbocycles. The number of nitrogens with zero attached hydrogens (tertiary/aromatic N) is 1. The molecule has 5 heteroatoms. The zero-order valence-electron chi connectivity index (χ0n) is 40.3.